The van der Waals surface area contributed by atoms with Gasteiger partial charge in [0.15, 0.2) is 0 Å². The van der Waals surface area contributed by atoms with Gasteiger partial charge in [0.1, 0.15) is 10.6 Å². The van der Waals surface area contributed by atoms with Crippen LogP contribution in [-0.2, 0) is 4.79 Å². The van der Waals surface area contributed by atoms with Crippen LogP contribution in [0, 0.1) is 0 Å². The van der Waals surface area contributed by atoms with Crippen molar-refractivity contribution in [1.29, 1.82) is 0 Å². The Labute approximate surface area is 141 Å². The van der Waals surface area contributed by atoms with Crippen LogP contribution in [0.5, 0.6) is 0 Å². The van der Waals surface area contributed by atoms with Gasteiger partial charge in [0.25, 0.3) is 0 Å². The second-order valence-electron chi connectivity index (χ2n) is 5.54. The molecule has 1 aromatic carbocycles. The van der Waals surface area contributed by atoms with E-state index in [-0.39, 0.29) is 23.1 Å². The van der Waals surface area contributed by atoms with Crippen LogP contribution < -0.4 is 5.32 Å². The number of carbonyl (C=O) groups excluding carboxylic acids is 1. The highest BCUT2D eigenvalue weighted by atomic mass is 32.1. The van der Waals surface area contributed by atoms with Crippen LogP contribution in [0.4, 0.5) is 5.69 Å². The van der Waals surface area contributed by atoms with Gasteiger partial charge in [0.2, 0.25) is 5.91 Å². The number of benzene rings is 1. The van der Waals surface area contributed by atoms with Crippen molar-refractivity contribution in [3.8, 4) is 11.1 Å². The lowest BCUT2D eigenvalue weighted by atomic mass is 9.92. The third kappa shape index (κ3) is 2.32. The lowest BCUT2D eigenvalue weighted by Crippen LogP contribution is -2.22. The van der Waals surface area contributed by atoms with E-state index in [1.165, 1.54) is 11.3 Å². The normalized spacial score (nSPS) is 16.5. The van der Waals surface area contributed by atoms with Crippen LogP contribution in [0.3, 0.4) is 0 Å². The molecule has 2 N–H and O–H groups in total. The van der Waals surface area contributed by atoms with Gasteiger partial charge >= 0.3 is 5.97 Å². The molecule has 0 saturated carbocycles. The highest BCUT2D eigenvalue weighted by Crippen LogP contribution is 2.49. The van der Waals surface area contributed by atoms with Crippen LogP contribution in [-0.4, -0.2) is 17.0 Å². The molecular formula is C18H13NO4S. The van der Waals surface area contributed by atoms with Crippen molar-refractivity contribution in [2.24, 2.45) is 0 Å². The summed E-state index contributed by atoms with van der Waals surface area (Å²) in [4.78, 5) is 25.0. The Morgan fingerprint density at radius 3 is 2.67 bits per heavy atom. The topological polar surface area (TPSA) is 79.5 Å². The molecule has 120 valence electrons. The van der Waals surface area contributed by atoms with Gasteiger partial charge in [-0.3, -0.25) is 4.79 Å². The van der Waals surface area contributed by atoms with Gasteiger partial charge in [-0.1, -0.05) is 30.3 Å². The fourth-order valence-electron chi connectivity index (χ4n) is 3.04. The van der Waals surface area contributed by atoms with Gasteiger partial charge in [0, 0.05) is 16.9 Å². The number of hydrogen-bond acceptors (Lipinski definition) is 4. The Morgan fingerprint density at radius 2 is 2.00 bits per heavy atom. The molecule has 1 unspecified atom stereocenters. The number of furan rings is 1. The predicted octanol–water partition coefficient (Wildman–Crippen LogP) is 4.18. The maximum absolute atomic E-state index is 12.2. The average Bonchev–Trinajstić information content (AvgIpc) is 3.22. The Bertz CT molecular complexity index is 912. The van der Waals surface area contributed by atoms with E-state index in [1.807, 2.05) is 36.4 Å². The maximum Gasteiger partial charge on any atom is 0.346 e. The zero-order valence-corrected chi connectivity index (χ0v) is 13.3. The van der Waals surface area contributed by atoms with Gasteiger partial charge in [-0.2, -0.15) is 0 Å². The number of anilines is 1. The van der Waals surface area contributed by atoms with Crippen LogP contribution in [0.1, 0.15) is 32.6 Å². The zero-order chi connectivity index (χ0) is 16.7. The summed E-state index contributed by atoms with van der Waals surface area (Å²) in [6.45, 7) is 0. The number of aromatic carboxylic acids is 1. The molecule has 0 fully saturated rings. The van der Waals surface area contributed by atoms with Crippen LogP contribution in [0.25, 0.3) is 11.1 Å². The molecule has 0 aliphatic carbocycles. The van der Waals surface area contributed by atoms with Gasteiger partial charge in [-0.05, 0) is 17.7 Å². The predicted molar refractivity (Wildman–Crippen MR) is 90.5 cm³/mol. The fraction of sp³-hybridized carbons (Fsp3) is 0.111. The number of nitrogens with one attached hydrogen (secondary N) is 1. The summed E-state index contributed by atoms with van der Waals surface area (Å²) in [6, 6.07) is 12.8. The van der Waals surface area contributed by atoms with Gasteiger partial charge in [0.05, 0.1) is 17.9 Å². The van der Waals surface area contributed by atoms with E-state index in [0.29, 0.717) is 17.0 Å². The van der Waals surface area contributed by atoms with E-state index in [1.54, 1.807) is 12.3 Å². The standard InChI is InChI=1S/C18H13NO4S/c20-13-9-11(12-7-4-8-23-12)16-15(19-13)14(17(24-16)18(21)22)10-5-2-1-3-6-10/h1-8,11H,9H2,(H,19,20)(H,21,22). The van der Waals surface area contributed by atoms with Crippen molar-refractivity contribution in [1.82, 2.24) is 0 Å². The van der Waals surface area contributed by atoms with Gasteiger partial charge in [-0.15, -0.1) is 11.3 Å². The maximum atomic E-state index is 12.2. The molecule has 2 aromatic heterocycles. The number of carboxylic acid groups (broad SMARTS) is 1. The molecule has 1 amide bonds. The molecular weight excluding hydrogens is 326 g/mol. The molecule has 3 heterocycles. The minimum Gasteiger partial charge on any atom is -0.477 e. The Hall–Kier alpha value is -2.86. The number of thiophene rings is 1. The number of carboxylic acids is 1. The number of carbonyl (C=O) groups is 2. The van der Waals surface area contributed by atoms with E-state index in [2.05, 4.69) is 5.32 Å². The second-order valence-corrected chi connectivity index (χ2v) is 6.59. The first-order valence-corrected chi connectivity index (χ1v) is 8.25. The first-order chi connectivity index (χ1) is 11.6. The lowest BCUT2D eigenvalue weighted by molar-refractivity contribution is -0.116. The molecule has 0 spiro atoms. The molecule has 0 radical (unpaired) electrons. The summed E-state index contributed by atoms with van der Waals surface area (Å²) >= 11 is 1.20. The minimum atomic E-state index is -0.999. The van der Waals surface area contributed by atoms with E-state index >= 15 is 0 Å². The quantitative estimate of drug-likeness (QED) is 0.750. The number of fused-ring (bicyclic) bond motifs is 1. The van der Waals surface area contributed by atoms with E-state index in [0.717, 1.165) is 10.4 Å². The Kier molecular flexibility index (Phi) is 3.46. The summed E-state index contributed by atoms with van der Waals surface area (Å²) in [7, 11) is 0. The molecule has 0 saturated heterocycles. The summed E-state index contributed by atoms with van der Waals surface area (Å²) in [5, 5.41) is 12.5. The number of amides is 1. The van der Waals surface area contributed by atoms with Crippen molar-refractivity contribution in [2.45, 2.75) is 12.3 Å². The molecule has 6 heteroatoms. The number of rotatable bonds is 3. The van der Waals surface area contributed by atoms with E-state index < -0.39 is 5.97 Å². The summed E-state index contributed by atoms with van der Waals surface area (Å²) in [5.74, 6) is -0.732. The van der Waals surface area contributed by atoms with Crippen molar-refractivity contribution in [3.63, 3.8) is 0 Å². The molecule has 1 atom stereocenters. The largest absolute Gasteiger partial charge is 0.477 e. The summed E-state index contributed by atoms with van der Waals surface area (Å²) < 4.78 is 5.47. The Balaban J connectivity index is 1.96. The summed E-state index contributed by atoms with van der Waals surface area (Å²) in [6.07, 6.45) is 1.81. The van der Waals surface area contributed by atoms with E-state index in [4.69, 9.17) is 4.42 Å². The van der Waals surface area contributed by atoms with Crippen LogP contribution in [0.2, 0.25) is 0 Å². The molecule has 3 aromatic rings. The van der Waals surface area contributed by atoms with Crippen molar-refractivity contribution in [2.75, 3.05) is 5.32 Å². The van der Waals surface area contributed by atoms with E-state index in [9.17, 15) is 14.7 Å². The Morgan fingerprint density at radius 1 is 1.21 bits per heavy atom. The fourth-order valence-corrected chi connectivity index (χ4v) is 4.26. The monoisotopic (exact) mass is 339 g/mol. The van der Waals surface area contributed by atoms with Crippen molar-refractivity contribution in [3.05, 3.63) is 64.2 Å². The van der Waals surface area contributed by atoms with Gasteiger partial charge < -0.3 is 14.8 Å². The lowest BCUT2D eigenvalue weighted by Gasteiger charge is -2.21. The summed E-state index contributed by atoms with van der Waals surface area (Å²) in [5.41, 5.74) is 1.92. The SMILES string of the molecule is O=C1CC(c2ccco2)c2sc(C(=O)O)c(-c3ccccc3)c2N1. The van der Waals surface area contributed by atoms with Crippen LogP contribution >= 0.6 is 11.3 Å². The van der Waals surface area contributed by atoms with Crippen molar-refractivity contribution >= 4 is 28.9 Å². The van der Waals surface area contributed by atoms with Crippen molar-refractivity contribution < 1.29 is 19.1 Å². The third-order valence-corrected chi connectivity index (χ3v) is 5.34. The average molecular weight is 339 g/mol. The minimum absolute atomic E-state index is 0.143. The second kappa shape index (κ2) is 5.65. The highest BCUT2D eigenvalue weighted by molar-refractivity contribution is 7.15. The first kappa shape index (κ1) is 14.7. The molecule has 4 rings (SSSR count). The molecule has 1 aliphatic heterocycles. The third-order valence-electron chi connectivity index (χ3n) is 4.05. The number of hydrogen-bond donors (Lipinski definition) is 2. The zero-order valence-electron chi connectivity index (χ0n) is 12.5. The molecule has 5 nitrogen and oxygen atoms in total. The first-order valence-electron chi connectivity index (χ1n) is 7.44. The highest BCUT2D eigenvalue weighted by Gasteiger charge is 2.35. The smallest absolute Gasteiger partial charge is 0.346 e. The van der Waals surface area contributed by atoms with Crippen LogP contribution in [0.15, 0.2) is 53.1 Å². The molecule has 24 heavy (non-hydrogen) atoms. The molecule has 0 bridgehead atoms. The molecule has 1 aliphatic rings. The van der Waals surface area contributed by atoms with Gasteiger partial charge in [-0.25, -0.2) is 4.79 Å².